The van der Waals surface area contributed by atoms with Gasteiger partial charge in [0.15, 0.2) is 0 Å². The Morgan fingerprint density at radius 1 is 0.774 bits per heavy atom. The third kappa shape index (κ3) is 3.83. The van der Waals surface area contributed by atoms with Crippen LogP contribution < -0.4 is 10.1 Å². The number of fused-ring (bicyclic) bond motifs is 3. The maximum absolute atomic E-state index is 2.45. The monoisotopic (exact) mass is 443 g/mol. The Morgan fingerprint density at radius 3 is 2.10 bits per heavy atom. The van der Waals surface area contributed by atoms with Crippen LogP contribution in [0.4, 0.5) is 11.4 Å². The third-order valence-corrected chi connectivity index (χ3v) is 10.5. The quantitative estimate of drug-likeness (QED) is 0.286. The van der Waals surface area contributed by atoms with E-state index in [1.807, 2.05) is 11.3 Å². The van der Waals surface area contributed by atoms with E-state index in [0.717, 1.165) is 5.92 Å². The molecule has 0 radical (unpaired) electrons. The lowest BCUT2D eigenvalue weighted by Gasteiger charge is -2.24. The molecule has 1 fully saturated rings. The molecule has 1 aromatic heterocycles. The van der Waals surface area contributed by atoms with E-state index in [4.69, 9.17) is 0 Å². The van der Waals surface area contributed by atoms with E-state index < -0.39 is 8.07 Å². The zero-order valence-electron chi connectivity index (χ0n) is 19.2. The molecule has 1 saturated carbocycles. The normalized spacial score (nSPS) is 15.6. The predicted molar refractivity (Wildman–Crippen MR) is 143 cm³/mol. The van der Waals surface area contributed by atoms with Crippen molar-refractivity contribution in [3.05, 3.63) is 66.2 Å². The second kappa shape index (κ2) is 8.11. The van der Waals surface area contributed by atoms with Crippen molar-refractivity contribution in [3.8, 4) is 0 Å². The lowest BCUT2D eigenvalue weighted by Crippen LogP contribution is -2.37. The molecule has 1 nitrogen and oxygen atoms in total. The Balaban J connectivity index is 1.55. The van der Waals surface area contributed by atoms with Gasteiger partial charge in [-0.3, -0.25) is 0 Å². The van der Waals surface area contributed by atoms with Gasteiger partial charge in [-0.05, 0) is 47.7 Å². The highest BCUT2D eigenvalue weighted by molar-refractivity contribution is 7.28. The van der Waals surface area contributed by atoms with Gasteiger partial charge in [0.1, 0.15) is 0 Å². The summed E-state index contributed by atoms with van der Waals surface area (Å²) >= 11 is 1.98. The minimum Gasteiger partial charge on any atom is -0.343 e. The van der Waals surface area contributed by atoms with E-state index >= 15 is 0 Å². The molecule has 31 heavy (non-hydrogen) atoms. The van der Waals surface area contributed by atoms with Gasteiger partial charge in [-0.1, -0.05) is 81.4 Å². The SMILES string of the molecule is CN(c1ccc(C2CCCCC2)cc1)c1cccc2c1sc1c([Si](C)(C)C)cccc12. The highest BCUT2D eigenvalue weighted by Gasteiger charge is 2.22. The molecular weight excluding hydrogens is 410 g/mol. The van der Waals surface area contributed by atoms with Crippen LogP contribution >= 0.6 is 11.3 Å². The van der Waals surface area contributed by atoms with Gasteiger partial charge in [0, 0.05) is 28.2 Å². The molecule has 3 heteroatoms. The maximum Gasteiger partial charge on any atom is 0.0794 e. The summed E-state index contributed by atoms with van der Waals surface area (Å²) in [6, 6.07) is 23.1. The molecule has 4 aromatic rings. The first-order valence-corrected chi connectivity index (χ1v) is 16.0. The standard InChI is InChI=1S/C28H33NSSi/c1-29(22-18-16-21(17-19-22)20-10-6-5-7-11-20)25-14-8-12-23-24-13-9-15-26(31(2,3)4)28(24)30-27(23)25/h8-9,12-20H,5-7,10-11H2,1-4H3. The van der Waals surface area contributed by atoms with E-state index in [9.17, 15) is 0 Å². The molecule has 1 aliphatic carbocycles. The molecule has 1 heterocycles. The summed E-state index contributed by atoms with van der Waals surface area (Å²) in [5, 5.41) is 4.39. The molecule has 0 bridgehead atoms. The van der Waals surface area contributed by atoms with E-state index in [1.165, 1.54) is 69.2 Å². The molecule has 1 aliphatic rings. The lowest BCUT2D eigenvalue weighted by molar-refractivity contribution is 0.443. The number of thiophene rings is 1. The highest BCUT2D eigenvalue weighted by Crippen LogP contribution is 2.41. The van der Waals surface area contributed by atoms with Crippen LogP contribution in [0, 0.1) is 0 Å². The van der Waals surface area contributed by atoms with Crippen LogP contribution in [0.1, 0.15) is 43.6 Å². The van der Waals surface area contributed by atoms with Crippen molar-refractivity contribution in [1.29, 1.82) is 0 Å². The summed E-state index contributed by atoms with van der Waals surface area (Å²) < 4.78 is 2.90. The van der Waals surface area contributed by atoms with Crippen molar-refractivity contribution in [1.82, 2.24) is 0 Å². The van der Waals surface area contributed by atoms with Crippen molar-refractivity contribution >= 4 is 56.1 Å². The summed E-state index contributed by atoms with van der Waals surface area (Å²) in [5.74, 6) is 0.763. The largest absolute Gasteiger partial charge is 0.343 e. The second-order valence-electron chi connectivity index (χ2n) is 10.2. The van der Waals surface area contributed by atoms with Crippen molar-refractivity contribution < 1.29 is 0 Å². The number of anilines is 2. The molecule has 0 amide bonds. The molecular formula is C28H33NSSi. The maximum atomic E-state index is 2.45. The third-order valence-electron chi connectivity index (χ3n) is 7.03. The van der Waals surface area contributed by atoms with Crippen LogP contribution in [0.2, 0.25) is 19.6 Å². The van der Waals surface area contributed by atoms with Gasteiger partial charge in [-0.15, -0.1) is 11.3 Å². The van der Waals surface area contributed by atoms with E-state index in [-0.39, 0.29) is 0 Å². The molecule has 0 saturated heterocycles. The average molecular weight is 444 g/mol. The smallest absolute Gasteiger partial charge is 0.0794 e. The van der Waals surface area contributed by atoms with E-state index in [1.54, 1.807) is 5.19 Å². The van der Waals surface area contributed by atoms with Gasteiger partial charge in [-0.2, -0.15) is 0 Å². The van der Waals surface area contributed by atoms with Gasteiger partial charge < -0.3 is 4.90 Å². The lowest BCUT2D eigenvalue weighted by atomic mass is 9.84. The number of nitrogens with zero attached hydrogens (tertiary/aromatic N) is 1. The molecule has 3 aromatic carbocycles. The average Bonchev–Trinajstić information content (AvgIpc) is 3.17. The Kier molecular flexibility index (Phi) is 5.43. The Labute approximate surface area is 191 Å². The molecule has 0 spiro atoms. The Bertz CT molecular complexity index is 1210. The Hall–Kier alpha value is -2.10. The molecule has 5 rings (SSSR count). The fourth-order valence-corrected chi connectivity index (χ4v) is 8.96. The minimum absolute atomic E-state index is 0.763. The van der Waals surface area contributed by atoms with Crippen LogP contribution in [-0.2, 0) is 0 Å². The zero-order chi connectivity index (χ0) is 21.6. The van der Waals surface area contributed by atoms with Gasteiger partial charge in [0.25, 0.3) is 0 Å². The molecule has 160 valence electrons. The molecule has 0 aliphatic heterocycles. The Morgan fingerprint density at radius 2 is 1.42 bits per heavy atom. The van der Waals surface area contributed by atoms with Crippen LogP contribution in [0.25, 0.3) is 20.2 Å². The zero-order valence-corrected chi connectivity index (χ0v) is 21.1. The van der Waals surface area contributed by atoms with Gasteiger partial charge in [0.05, 0.1) is 18.5 Å². The van der Waals surface area contributed by atoms with Crippen molar-refractivity contribution in [3.63, 3.8) is 0 Å². The molecule has 0 atom stereocenters. The predicted octanol–water partition coefficient (Wildman–Crippen LogP) is 8.42. The first-order chi connectivity index (χ1) is 14.9. The number of hydrogen-bond donors (Lipinski definition) is 0. The first-order valence-electron chi connectivity index (χ1n) is 11.7. The number of hydrogen-bond acceptors (Lipinski definition) is 2. The summed E-state index contributed by atoms with van der Waals surface area (Å²) in [5.41, 5.74) is 4.11. The summed E-state index contributed by atoms with van der Waals surface area (Å²) in [6.45, 7) is 7.35. The van der Waals surface area contributed by atoms with Crippen LogP contribution in [0.15, 0.2) is 60.7 Å². The summed E-state index contributed by atoms with van der Waals surface area (Å²) in [4.78, 5) is 2.37. The fourth-order valence-electron chi connectivity index (χ4n) is 5.21. The molecule has 0 unspecified atom stereocenters. The van der Waals surface area contributed by atoms with Crippen molar-refractivity contribution in [2.75, 3.05) is 11.9 Å². The van der Waals surface area contributed by atoms with Crippen LogP contribution in [-0.4, -0.2) is 15.1 Å². The summed E-state index contributed by atoms with van der Waals surface area (Å²) in [7, 11) is 0.821. The number of rotatable bonds is 4. The first kappa shape index (κ1) is 20.8. The van der Waals surface area contributed by atoms with E-state index in [2.05, 4.69) is 92.3 Å². The van der Waals surface area contributed by atoms with Crippen molar-refractivity contribution in [2.45, 2.75) is 57.7 Å². The fraction of sp³-hybridized carbons (Fsp3) is 0.357. The topological polar surface area (TPSA) is 3.24 Å². The van der Waals surface area contributed by atoms with Crippen LogP contribution in [0.5, 0.6) is 0 Å². The van der Waals surface area contributed by atoms with Gasteiger partial charge in [0.2, 0.25) is 0 Å². The van der Waals surface area contributed by atoms with Gasteiger partial charge >= 0.3 is 0 Å². The summed E-state index contributed by atoms with van der Waals surface area (Å²) in [6.07, 6.45) is 6.90. The van der Waals surface area contributed by atoms with Crippen molar-refractivity contribution in [2.24, 2.45) is 0 Å². The minimum atomic E-state index is -1.40. The second-order valence-corrected chi connectivity index (χ2v) is 16.2. The van der Waals surface area contributed by atoms with Gasteiger partial charge in [-0.25, -0.2) is 0 Å². The number of benzene rings is 3. The highest BCUT2D eigenvalue weighted by atomic mass is 32.1. The molecule has 0 N–H and O–H groups in total. The van der Waals surface area contributed by atoms with Crippen LogP contribution in [0.3, 0.4) is 0 Å². The van der Waals surface area contributed by atoms with E-state index in [0.29, 0.717) is 0 Å².